The number of rotatable bonds is 1. The first-order valence-electron chi connectivity index (χ1n) is 7.54. The molecule has 0 radical (unpaired) electrons. The van der Waals surface area contributed by atoms with Gasteiger partial charge in [0.05, 0.1) is 0 Å². The molecule has 2 saturated heterocycles. The van der Waals surface area contributed by atoms with E-state index in [1.54, 1.807) is 4.90 Å². The van der Waals surface area contributed by atoms with E-state index in [0.717, 1.165) is 38.8 Å². The molecule has 2 fully saturated rings. The van der Waals surface area contributed by atoms with Gasteiger partial charge in [0.15, 0.2) is 0 Å². The zero-order valence-corrected chi connectivity index (χ0v) is 11.5. The number of carbonyl (C=O) groups is 1. The van der Waals surface area contributed by atoms with Gasteiger partial charge >= 0.3 is 6.09 Å². The Morgan fingerprint density at radius 1 is 1.00 bits per heavy atom. The zero-order valence-electron chi connectivity index (χ0n) is 11.5. The van der Waals surface area contributed by atoms with Crippen LogP contribution in [0.1, 0.15) is 36.8 Å². The molecule has 3 aliphatic rings. The minimum absolute atomic E-state index is 0.250. The van der Waals surface area contributed by atoms with E-state index in [4.69, 9.17) is 0 Å². The summed E-state index contributed by atoms with van der Waals surface area (Å²) in [6.45, 7) is 2.07. The van der Waals surface area contributed by atoms with Crippen molar-refractivity contribution in [2.24, 2.45) is 0 Å². The van der Waals surface area contributed by atoms with Crippen LogP contribution in [0, 0.1) is 0 Å². The van der Waals surface area contributed by atoms with Crippen molar-refractivity contribution in [1.29, 1.82) is 0 Å². The number of hydrogen-bond acceptors (Lipinski definition) is 2. The number of nitrogens with zero attached hydrogens (tertiary/aromatic N) is 2. The van der Waals surface area contributed by atoms with E-state index >= 15 is 0 Å². The van der Waals surface area contributed by atoms with Crippen LogP contribution in [0.3, 0.4) is 0 Å². The van der Waals surface area contributed by atoms with E-state index in [-0.39, 0.29) is 12.1 Å². The highest BCUT2D eigenvalue weighted by atomic mass is 16.4. The predicted molar refractivity (Wildman–Crippen MR) is 75.4 cm³/mol. The molecule has 3 aliphatic heterocycles. The summed E-state index contributed by atoms with van der Waals surface area (Å²) in [6, 6.07) is 9.71. The Balaban J connectivity index is 1.49. The highest BCUT2D eigenvalue weighted by Crippen LogP contribution is 2.39. The number of fused-ring (bicyclic) bond motifs is 3. The van der Waals surface area contributed by atoms with E-state index in [0.29, 0.717) is 6.04 Å². The summed E-state index contributed by atoms with van der Waals surface area (Å²) in [5, 5.41) is 9.32. The van der Waals surface area contributed by atoms with Crippen LogP contribution in [0.4, 0.5) is 4.79 Å². The molecule has 1 N–H and O–H groups in total. The summed E-state index contributed by atoms with van der Waals surface area (Å²) in [5.74, 6) is 0. The molecule has 20 heavy (non-hydrogen) atoms. The van der Waals surface area contributed by atoms with Crippen molar-refractivity contribution < 1.29 is 9.90 Å². The molecular weight excluding hydrogens is 252 g/mol. The monoisotopic (exact) mass is 272 g/mol. The number of benzene rings is 1. The van der Waals surface area contributed by atoms with Crippen molar-refractivity contribution in [2.75, 3.05) is 0 Å². The molecule has 1 aromatic carbocycles. The first-order valence-corrected chi connectivity index (χ1v) is 7.54. The Kier molecular flexibility index (Phi) is 2.74. The van der Waals surface area contributed by atoms with Crippen LogP contribution in [0.5, 0.6) is 0 Å². The first-order chi connectivity index (χ1) is 9.72. The molecule has 4 nitrogen and oxygen atoms in total. The van der Waals surface area contributed by atoms with Gasteiger partial charge < -0.3 is 10.0 Å². The lowest BCUT2D eigenvalue weighted by Crippen LogP contribution is -2.51. The maximum absolute atomic E-state index is 11.3. The number of carboxylic acid groups (broad SMARTS) is 1. The summed E-state index contributed by atoms with van der Waals surface area (Å²) in [6.07, 6.45) is 3.40. The second-order valence-corrected chi connectivity index (χ2v) is 6.37. The smallest absolute Gasteiger partial charge is 0.407 e. The second kappa shape index (κ2) is 4.48. The summed E-state index contributed by atoms with van der Waals surface area (Å²) >= 11 is 0. The fourth-order valence-corrected chi connectivity index (χ4v) is 4.38. The van der Waals surface area contributed by atoms with Gasteiger partial charge in [0.2, 0.25) is 0 Å². The highest BCUT2D eigenvalue weighted by Gasteiger charge is 2.45. The zero-order chi connectivity index (χ0) is 13.7. The molecule has 2 atom stereocenters. The van der Waals surface area contributed by atoms with Crippen LogP contribution in [-0.4, -0.2) is 39.1 Å². The van der Waals surface area contributed by atoms with E-state index in [1.807, 2.05) is 0 Å². The Labute approximate surface area is 119 Å². The molecule has 1 aromatic rings. The fraction of sp³-hybridized carbons (Fsp3) is 0.562. The first kappa shape index (κ1) is 12.2. The number of piperidine rings is 1. The van der Waals surface area contributed by atoms with Gasteiger partial charge in [-0.05, 0) is 36.8 Å². The molecule has 3 heterocycles. The van der Waals surface area contributed by atoms with Crippen molar-refractivity contribution in [1.82, 2.24) is 9.80 Å². The molecule has 4 heteroatoms. The third-order valence-corrected chi connectivity index (χ3v) is 5.31. The van der Waals surface area contributed by atoms with Gasteiger partial charge in [-0.1, -0.05) is 24.3 Å². The molecule has 0 aliphatic carbocycles. The standard InChI is InChI=1S/C16H20N2O2/c19-16(20)18-13-5-6-14(18)8-15(7-13)17-9-11-3-1-2-4-12(11)10-17/h1-4,13-15H,5-10H2,(H,19,20). The molecule has 2 unspecified atom stereocenters. The summed E-state index contributed by atoms with van der Waals surface area (Å²) in [5.41, 5.74) is 2.89. The SMILES string of the molecule is O=C(O)N1C2CCC1CC(N1Cc3ccccc3C1)C2. The number of hydrogen-bond donors (Lipinski definition) is 1. The van der Waals surface area contributed by atoms with E-state index in [1.165, 1.54) is 11.1 Å². The lowest BCUT2D eigenvalue weighted by Gasteiger charge is -2.40. The maximum Gasteiger partial charge on any atom is 0.407 e. The Morgan fingerprint density at radius 2 is 1.55 bits per heavy atom. The summed E-state index contributed by atoms with van der Waals surface area (Å²) in [7, 11) is 0. The average Bonchev–Trinajstić information content (AvgIpc) is 2.98. The normalized spacial score (nSPS) is 32.4. The van der Waals surface area contributed by atoms with E-state index < -0.39 is 6.09 Å². The third kappa shape index (κ3) is 1.82. The van der Waals surface area contributed by atoms with E-state index in [9.17, 15) is 9.90 Å². The minimum Gasteiger partial charge on any atom is -0.465 e. The highest BCUT2D eigenvalue weighted by molar-refractivity contribution is 5.66. The van der Waals surface area contributed by atoms with Gasteiger partial charge in [-0.3, -0.25) is 4.90 Å². The van der Waals surface area contributed by atoms with Crippen LogP contribution < -0.4 is 0 Å². The molecule has 106 valence electrons. The third-order valence-electron chi connectivity index (χ3n) is 5.31. The van der Waals surface area contributed by atoms with Crippen LogP contribution >= 0.6 is 0 Å². The minimum atomic E-state index is -0.722. The lowest BCUT2D eigenvalue weighted by atomic mass is 9.96. The van der Waals surface area contributed by atoms with Crippen molar-refractivity contribution in [3.8, 4) is 0 Å². The molecule has 1 amide bonds. The van der Waals surface area contributed by atoms with Gasteiger partial charge in [-0.15, -0.1) is 0 Å². The van der Waals surface area contributed by atoms with Crippen molar-refractivity contribution in [2.45, 2.75) is 56.9 Å². The van der Waals surface area contributed by atoms with Gasteiger partial charge in [0, 0.05) is 31.2 Å². The molecule has 0 saturated carbocycles. The second-order valence-electron chi connectivity index (χ2n) is 6.37. The van der Waals surface area contributed by atoms with Gasteiger partial charge in [0.1, 0.15) is 0 Å². The maximum atomic E-state index is 11.3. The Morgan fingerprint density at radius 3 is 2.05 bits per heavy atom. The van der Waals surface area contributed by atoms with Gasteiger partial charge in [-0.2, -0.15) is 0 Å². The summed E-state index contributed by atoms with van der Waals surface area (Å²) in [4.78, 5) is 15.6. The molecule has 0 spiro atoms. The molecule has 4 rings (SSSR count). The van der Waals surface area contributed by atoms with E-state index in [2.05, 4.69) is 29.2 Å². The topological polar surface area (TPSA) is 43.8 Å². The lowest BCUT2D eigenvalue weighted by molar-refractivity contribution is 0.0552. The molecule has 0 aromatic heterocycles. The largest absolute Gasteiger partial charge is 0.465 e. The molecule has 2 bridgehead atoms. The summed E-state index contributed by atoms with van der Waals surface area (Å²) < 4.78 is 0. The Hall–Kier alpha value is -1.55. The van der Waals surface area contributed by atoms with Crippen molar-refractivity contribution >= 4 is 6.09 Å². The van der Waals surface area contributed by atoms with Crippen LogP contribution in [0.2, 0.25) is 0 Å². The predicted octanol–water partition coefficient (Wildman–Crippen LogP) is 2.68. The van der Waals surface area contributed by atoms with Gasteiger partial charge in [-0.25, -0.2) is 4.79 Å². The van der Waals surface area contributed by atoms with Crippen LogP contribution in [-0.2, 0) is 13.1 Å². The van der Waals surface area contributed by atoms with Crippen molar-refractivity contribution in [3.63, 3.8) is 0 Å². The quantitative estimate of drug-likeness (QED) is 0.854. The van der Waals surface area contributed by atoms with Crippen LogP contribution in [0.25, 0.3) is 0 Å². The Bertz CT molecular complexity index is 506. The van der Waals surface area contributed by atoms with Gasteiger partial charge in [0.25, 0.3) is 0 Å². The molecular formula is C16H20N2O2. The number of amides is 1. The fourth-order valence-electron chi connectivity index (χ4n) is 4.38. The average molecular weight is 272 g/mol. The van der Waals surface area contributed by atoms with Crippen molar-refractivity contribution in [3.05, 3.63) is 35.4 Å². The van der Waals surface area contributed by atoms with Crippen LogP contribution in [0.15, 0.2) is 24.3 Å².